The summed E-state index contributed by atoms with van der Waals surface area (Å²) in [6.45, 7) is 0.843. The normalized spacial score (nSPS) is 10.1. The highest BCUT2D eigenvalue weighted by molar-refractivity contribution is 5.95. The number of carbonyl (C=O) groups is 1. The lowest BCUT2D eigenvalue weighted by atomic mass is 10.1. The van der Waals surface area contributed by atoms with Gasteiger partial charge in [0, 0.05) is 39.4 Å². The molecule has 1 amide bonds. The van der Waals surface area contributed by atoms with E-state index in [4.69, 9.17) is 4.74 Å². The third-order valence-electron chi connectivity index (χ3n) is 2.69. The number of hydrogen-bond acceptors (Lipinski definition) is 5. The maximum Gasteiger partial charge on any atom is 0.293 e. The second kappa shape index (κ2) is 6.69. The zero-order valence-corrected chi connectivity index (χ0v) is 11.2. The van der Waals surface area contributed by atoms with E-state index in [0.717, 1.165) is 0 Å². The van der Waals surface area contributed by atoms with Crippen molar-refractivity contribution in [1.82, 2.24) is 4.90 Å². The average molecular weight is 267 g/mol. The summed E-state index contributed by atoms with van der Waals surface area (Å²) in [4.78, 5) is 23.9. The van der Waals surface area contributed by atoms with E-state index < -0.39 is 4.92 Å². The number of nitrogens with zero attached hydrogens (tertiary/aromatic N) is 2. The average Bonchev–Trinajstić information content (AvgIpc) is 2.42. The number of ether oxygens (including phenoxy) is 1. The maximum absolute atomic E-state index is 12.1. The van der Waals surface area contributed by atoms with E-state index in [0.29, 0.717) is 18.8 Å². The highest BCUT2D eigenvalue weighted by Gasteiger charge is 2.18. The van der Waals surface area contributed by atoms with E-state index in [2.05, 4.69) is 5.32 Å². The summed E-state index contributed by atoms with van der Waals surface area (Å²) in [6, 6.07) is 4.36. The van der Waals surface area contributed by atoms with E-state index in [-0.39, 0.29) is 17.2 Å². The molecule has 0 spiro atoms. The first kappa shape index (κ1) is 14.9. The van der Waals surface area contributed by atoms with E-state index in [1.54, 1.807) is 27.3 Å². The number of nitro benzene ring substituents is 1. The SMILES string of the molecule is CNc1ccc(C(=O)N(C)CCOC)cc1[N+](=O)[O-]. The van der Waals surface area contributed by atoms with E-state index in [9.17, 15) is 14.9 Å². The highest BCUT2D eigenvalue weighted by atomic mass is 16.6. The van der Waals surface area contributed by atoms with Crippen LogP contribution in [-0.4, -0.2) is 50.1 Å². The van der Waals surface area contributed by atoms with Gasteiger partial charge in [-0.05, 0) is 12.1 Å². The van der Waals surface area contributed by atoms with E-state index in [1.807, 2.05) is 0 Å². The Kier molecular flexibility index (Phi) is 5.25. The van der Waals surface area contributed by atoms with Gasteiger partial charge in [0.2, 0.25) is 0 Å². The highest BCUT2D eigenvalue weighted by Crippen LogP contribution is 2.25. The molecule has 1 aromatic rings. The van der Waals surface area contributed by atoms with Crippen LogP contribution in [0.1, 0.15) is 10.4 Å². The minimum absolute atomic E-state index is 0.117. The van der Waals surface area contributed by atoms with Crippen molar-refractivity contribution in [2.45, 2.75) is 0 Å². The Labute approximate surface area is 111 Å². The Morgan fingerprint density at radius 3 is 2.74 bits per heavy atom. The molecule has 0 heterocycles. The van der Waals surface area contributed by atoms with Crippen LogP contribution < -0.4 is 5.32 Å². The molecule has 1 rings (SSSR count). The maximum atomic E-state index is 12.1. The predicted octanol–water partition coefficient (Wildman–Crippen LogP) is 1.35. The lowest BCUT2D eigenvalue weighted by Crippen LogP contribution is -2.29. The molecule has 0 aromatic heterocycles. The number of rotatable bonds is 6. The Balaban J connectivity index is 2.98. The van der Waals surface area contributed by atoms with Crippen LogP contribution in [0.2, 0.25) is 0 Å². The smallest absolute Gasteiger partial charge is 0.293 e. The lowest BCUT2D eigenvalue weighted by molar-refractivity contribution is -0.384. The van der Waals surface area contributed by atoms with E-state index in [1.165, 1.54) is 17.0 Å². The zero-order chi connectivity index (χ0) is 14.4. The van der Waals surface area contributed by atoms with Crippen molar-refractivity contribution in [1.29, 1.82) is 0 Å². The molecule has 0 aliphatic carbocycles. The number of carbonyl (C=O) groups excluding carboxylic acids is 1. The van der Waals surface area contributed by atoms with Crippen LogP contribution >= 0.6 is 0 Å². The van der Waals surface area contributed by atoms with Gasteiger partial charge in [0.15, 0.2) is 0 Å². The molecule has 1 N–H and O–H groups in total. The topological polar surface area (TPSA) is 84.7 Å². The Morgan fingerprint density at radius 1 is 1.53 bits per heavy atom. The van der Waals surface area contributed by atoms with Gasteiger partial charge in [-0.1, -0.05) is 0 Å². The molecule has 0 atom stereocenters. The molecule has 7 heteroatoms. The first-order chi connectivity index (χ1) is 9.01. The zero-order valence-electron chi connectivity index (χ0n) is 11.2. The summed E-state index contributed by atoms with van der Waals surface area (Å²) >= 11 is 0. The number of anilines is 1. The van der Waals surface area contributed by atoms with Crippen molar-refractivity contribution >= 4 is 17.3 Å². The predicted molar refractivity (Wildman–Crippen MR) is 71.5 cm³/mol. The molecule has 0 fully saturated rings. The van der Waals surface area contributed by atoms with Gasteiger partial charge in [-0.15, -0.1) is 0 Å². The van der Waals surface area contributed by atoms with Crippen LogP contribution in [0.3, 0.4) is 0 Å². The summed E-state index contributed by atoms with van der Waals surface area (Å²) in [5, 5.41) is 13.6. The summed E-state index contributed by atoms with van der Waals surface area (Å²) in [7, 11) is 4.76. The molecule has 1 aromatic carbocycles. The minimum atomic E-state index is -0.516. The second-order valence-corrected chi connectivity index (χ2v) is 3.96. The first-order valence-corrected chi connectivity index (χ1v) is 5.71. The van der Waals surface area contributed by atoms with Gasteiger partial charge < -0.3 is 15.0 Å². The van der Waals surface area contributed by atoms with E-state index >= 15 is 0 Å². The van der Waals surface area contributed by atoms with Crippen molar-refractivity contribution < 1.29 is 14.5 Å². The molecule has 0 aliphatic heterocycles. The molecular weight excluding hydrogens is 250 g/mol. The van der Waals surface area contributed by atoms with Crippen LogP contribution in [0.15, 0.2) is 18.2 Å². The van der Waals surface area contributed by atoms with Crippen molar-refractivity contribution in [3.63, 3.8) is 0 Å². The molecule has 0 saturated heterocycles. The number of methoxy groups -OCH3 is 1. The molecule has 0 bridgehead atoms. The van der Waals surface area contributed by atoms with Gasteiger partial charge in [-0.25, -0.2) is 0 Å². The fourth-order valence-corrected chi connectivity index (χ4v) is 1.58. The van der Waals surface area contributed by atoms with Crippen molar-refractivity contribution in [3.8, 4) is 0 Å². The van der Waals surface area contributed by atoms with Crippen LogP contribution in [-0.2, 0) is 4.74 Å². The molecule has 0 aliphatic rings. The minimum Gasteiger partial charge on any atom is -0.383 e. The summed E-state index contributed by atoms with van der Waals surface area (Å²) in [5.41, 5.74) is 0.541. The number of benzene rings is 1. The summed E-state index contributed by atoms with van der Waals surface area (Å²) < 4.78 is 4.88. The number of amides is 1. The van der Waals surface area contributed by atoms with Crippen LogP contribution in [0.4, 0.5) is 11.4 Å². The number of nitrogens with one attached hydrogen (secondary N) is 1. The van der Waals surface area contributed by atoms with Crippen molar-refractivity contribution in [3.05, 3.63) is 33.9 Å². The van der Waals surface area contributed by atoms with Gasteiger partial charge in [0.1, 0.15) is 5.69 Å². The number of likely N-dealkylation sites (N-methyl/N-ethyl adjacent to an activating group) is 1. The number of hydrogen-bond donors (Lipinski definition) is 1. The third-order valence-corrected chi connectivity index (χ3v) is 2.69. The lowest BCUT2D eigenvalue weighted by Gasteiger charge is -2.16. The fraction of sp³-hybridized carbons (Fsp3) is 0.417. The van der Waals surface area contributed by atoms with Gasteiger partial charge in [-0.3, -0.25) is 14.9 Å². The molecule has 0 unspecified atom stereocenters. The summed E-state index contributed by atoms with van der Waals surface area (Å²) in [5.74, 6) is -0.275. The third kappa shape index (κ3) is 3.65. The Bertz CT molecular complexity index is 476. The van der Waals surface area contributed by atoms with Crippen molar-refractivity contribution in [2.24, 2.45) is 0 Å². The molecular formula is C12H17N3O4. The second-order valence-electron chi connectivity index (χ2n) is 3.96. The molecule has 104 valence electrons. The fourth-order valence-electron chi connectivity index (χ4n) is 1.58. The number of nitro groups is 1. The van der Waals surface area contributed by atoms with Gasteiger partial charge in [0.25, 0.3) is 11.6 Å². The Hall–Kier alpha value is -2.15. The van der Waals surface area contributed by atoms with Gasteiger partial charge in [0.05, 0.1) is 11.5 Å². The van der Waals surface area contributed by atoms with Gasteiger partial charge in [-0.2, -0.15) is 0 Å². The monoisotopic (exact) mass is 267 g/mol. The van der Waals surface area contributed by atoms with Crippen molar-refractivity contribution in [2.75, 3.05) is 39.7 Å². The molecule has 19 heavy (non-hydrogen) atoms. The quantitative estimate of drug-likeness (QED) is 0.621. The molecule has 0 saturated carbocycles. The molecule has 7 nitrogen and oxygen atoms in total. The van der Waals surface area contributed by atoms with Gasteiger partial charge >= 0.3 is 0 Å². The van der Waals surface area contributed by atoms with Crippen LogP contribution in [0.25, 0.3) is 0 Å². The first-order valence-electron chi connectivity index (χ1n) is 5.71. The Morgan fingerprint density at radius 2 is 2.21 bits per heavy atom. The largest absolute Gasteiger partial charge is 0.383 e. The molecule has 0 radical (unpaired) electrons. The summed E-state index contributed by atoms with van der Waals surface area (Å²) in [6.07, 6.45) is 0. The van der Waals surface area contributed by atoms with Crippen LogP contribution in [0.5, 0.6) is 0 Å². The van der Waals surface area contributed by atoms with Crippen LogP contribution in [0, 0.1) is 10.1 Å². The standard InChI is InChI=1S/C12H17N3O4/c1-13-10-5-4-9(8-11(10)15(17)18)12(16)14(2)6-7-19-3/h4-5,8,13H,6-7H2,1-3H3.